The Morgan fingerprint density at radius 1 is 1.21 bits per heavy atom. The Morgan fingerprint density at radius 2 is 1.86 bits per heavy atom. The monoisotopic (exact) mass is 200 g/mol. The molecule has 0 aromatic rings. The van der Waals surface area contributed by atoms with Gasteiger partial charge >= 0.3 is 5.97 Å². The molecule has 80 valence electrons. The lowest BCUT2D eigenvalue weighted by Gasteiger charge is -2.29. The summed E-state index contributed by atoms with van der Waals surface area (Å²) >= 11 is 0. The Balaban J connectivity index is 1.74. The summed E-state index contributed by atoms with van der Waals surface area (Å²) in [6, 6.07) is 0. The number of esters is 1. The smallest absolute Gasteiger partial charge is 0.309 e. The number of ether oxygens (including phenoxy) is 2. The fraction of sp³-hybridized carbons (Fsp3) is 0.900. The van der Waals surface area contributed by atoms with Gasteiger partial charge < -0.3 is 14.6 Å². The SMILES string of the molecule is O=C(OC1COC1)C1CCC(O)CC1. The van der Waals surface area contributed by atoms with Crippen LogP contribution in [0.25, 0.3) is 0 Å². The second-order valence-electron chi connectivity index (χ2n) is 4.10. The van der Waals surface area contributed by atoms with E-state index >= 15 is 0 Å². The van der Waals surface area contributed by atoms with Crippen LogP contribution in [-0.4, -0.2) is 36.5 Å². The molecule has 2 fully saturated rings. The molecule has 1 saturated heterocycles. The summed E-state index contributed by atoms with van der Waals surface area (Å²) in [6.45, 7) is 1.09. The van der Waals surface area contributed by atoms with Gasteiger partial charge in [-0.1, -0.05) is 0 Å². The molecule has 1 heterocycles. The summed E-state index contributed by atoms with van der Waals surface area (Å²) in [5.74, 6) is -0.107. The average molecular weight is 200 g/mol. The van der Waals surface area contributed by atoms with Gasteiger partial charge in [0, 0.05) is 0 Å². The minimum Gasteiger partial charge on any atom is -0.457 e. The van der Waals surface area contributed by atoms with Gasteiger partial charge in [0.05, 0.1) is 25.2 Å². The lowest BCUT2D eigenvalue weighted by atomic mass is 9.87. The molecule has 0 amide bonds. The number of carbonyl (C=O) groups is 1. The first-order valence-corrected chi connectivity index (χ1v) is 5.22. The highest BCUT2D eigenvalue weighted by molar-refractivity contribution is 5.72. The zero-order valence-corrected chi connectivity index (χ0v) is 8.15. The molecule has 1 aliphatic carbocycles. The van der Waals surface area contributed by atoms with Crippen molar-refractivity contribution in [3.05, 3.63) is 0 Å². The van der Waals surface area contributed by atoms with E-state index in [-0.39, 0.29) is 24.1 Å². The van der Waals surface area contributed by atoms with Crippen molar-refractivity contribution < 1.29 is 19.4 Å². The topological polar surface area (TPSA) is 55.8 Å². The fourth-order valence-electron chi connectivity index (χ4n) is 1.85. The molecule has 0 atom stereocenters. The molecule has 4 heteroatoms. The maximum absolute atomic E-state index is 11.5. The number of rotatable bonds is 2. The highest BCUT2D eigenvalue weighted by atomic mass is 16.6. The summed E-state index contributed by atoms with van der Waals surface area (Å²) in [5, 5.41) is 9.28. The van der Waals surface area contributed by atoms with Crippen LogP contribution in [0.2, 0.25) is 0 Å². The van der Waals surface area contributed by atoms with E-state index in [0.717, 1.165) is 25.7 Å². The highest BCUT2D eigenvalue weighted by Crippen LogP contribution is 2.26. The van der Waals surface area contributed by atoms with Crippen LogP contribution >= 0.6 is 0 Å². The number of hydrogen-bond donors (Lipinski definition) is 1. The molecule has 2 aliphatic rings. The van der Waals surface area contributed by atoms with Crippen molar-refractivity contribution in [2.75, 3.05) is 13.2 Å². The van der Waals surface area contributed by atoms with Crippen LogP contribution in [0.15, 0.2) is 0 Å². The third-order valence-corrected chi connectivity index (χ3v) is 2.92. The van der Waals surface area contributed by atoms with Crippen LogP contribution in [0.5, 0.6) is 0 Å². The van der Waals surface area contributed by atoms with Gasteiger partial charge in [-0.3, -0.25) is 4.79 Å². The first-order chi connectivity index (χ1) is 6.75. The van der Waals surface area contributed by atoms with E-state index in [1.54, 1.807) is 0 Å². The normalized spacial score (nSPS) is 33.5. The van der Waals surface area contributed by atoms with Crippen LogP contribution in [0, 0.1) is 5.92 Å². The standard InChI is InChI=1S/C10H16O4/c11-8-3-1-7(2-4-8)10(12)14-9-5-13-6-9/h7-9,11H,1-6H2. The molecule has 0 unspecified atom stereocenters. The summed E-state index contributed by atoms with van der Waals surface area (Å²) in [6.07, 6.45) is 2.73. The van der Waals surface area contributed by atoms with Crippen molar-refractivity contribution in [2.24, 2.45) is 5.92 Å². The Morgan fingerprint density at radius 3 is 2.36 bits per heavy atom. The number of aliphatic hydroxyl groups excluding tert-OH is 1. The first-order valence-electron chi connectivity index (χ1n) is 5.22. The molecule has 1 saturated carbocycles. The quantitative estimate of drug-likeness (QED) is 0.659. The molecular weight excluding hydrogens is 184 g/mol. The molecule has 0 radical (unpaired) electrons. The van der Waals surface area contributed by atoms with Crippen LogP contribution in [0.3, 0.4) is 0 Å². The van der Waals surface area contributed by atoms with E-state index in [2.05, 4.69) is 0 Å². The maximum Gasteiger partial charge on any atom is 0.309 e. The summed E-state index contributed by atoms with van der Waals surface area (Å²) in [4.78, 5) is 11.5. The molecule has 1 aliphatic heterocycles. The van der Waals surface area contributed by atoms with Crippen molar-refractivity contribution in [1.29, 1.82) is 0 Å². The third kappa shape index (κ3) is 2.25. The number of carbonyl (C=O) groups excluding carboxylic acids is 1. The van der Waals surface area contributed by atoms with Crippen LogP contribution < -0.4 is 0 Å². The van der Waals surface area contributed by atoms with E-state index in [1.165, 1.54) is 0 Å². The largest absolute Gasteiger partial charge is 0.457 e. The molecule has 0 bridgehead atoms. The van der Waals surface area contributed by atoms with Crippen molar-refractivity contribution >= 4 is 5.97 Å². The van der Waals surface area contributed by atoms with Crippen LogP contribution in [0.1, 0.15) is 25.7 Å². The fourth-order valence-corrected chi connectivity index (χ4v) is 1.85. The third-order valence-electron chi connectivity index (χ3n) is 2.92. The van der Waals surface area contributed by atoms with Gasteiger partial charge in [0.2, 0.25) is 0 Å². The van der Waals surface area contributed by atoms with E-state index < -0.39 is 0 Å². The van der Waals surface area contributed by atoms with Crippen molar-refractivity contribution in [1.82, 2.24) is 0 Å². The minimum atomic E-state index is -0.217. The number of hydrogen-bond acceptors (Lipinski definition) is 4. The molecule has 0 spiro atoms. The van der Waals surface area contributed by atoms with Gasteiger partial charge in [0.25, 0.3) is 0 Å². The Labute approximate surface area is 83.2 Å². The van der Waals surface area contributed by atoms with Gasteiger partial charge in [-0.05, 0) is 25.7 Å². The Bertz CT molecular complexity index is 204. The van der Waals surface area contributed by atoms with Gasteiger partial charge in [0.1, 0.15) is 6.10 Å². The lowest BCUT2D eigenvalue weighted by Crippen LogP contribution is -2.40. The average Bonchev–Trinajstić information content (AvgIpc) is 2.12. The Hall–Kier alpha value is -0.610. The predicted molar refractivity (Wildman–Crippen MR) is 48.7 cm³/mol. The zero-order chi connectivity index (χ0) is 9.97. The number of aliphatic hydroxyl groups is 1. The minimum absolute atomic E-state index is 0.000926. The van der Waals surface area contributed by atoms with E-state index in [1.807, 2.05) is 0 Å². The second kappa shape index (κ2) is 4.28. The van der Waals surface area contributed by atoms with E-state index in [0.29, 0.717) is 13.2 Å². The molecule has 14 heavy (non-hydrogen) atoms. The predicted octanol–water partition coefficient (Wildman–Crippen LogP) is 0.480. The van der Waals surface area contributed by atoms with E-state index in [9.17, 15) is 9.90 Å². The summed E-state index contributed by atoms with van der Waals surface area (Å²) < 4.78 is 10.1. The molecular formula is C10H16O4. The Kier molecular flexibility index (Phi) is 3.03. The second-order valence-corrected chi connectivity index (χ2v) is 4.10. The zero-order valence-electron chi connectivity index (χ0n) is 8.15. The summed E-state index contributed by atoms with van der Waals surface area (Å²) in [5.41, 5.74) is 0. The van der Waals surface area contributed by atoms with Gasteiger partial charge in [-0.15, -0.1) is 0 Å². The highest BCUT2D eigenvalue weighted by Gasteiger charge is 2.30. The summed E-state index contributed by atoms with van der Waals surface area (Å²) in [7, 11) is 0. The molecule has 2 rings (SSSR count). The van der Waals surface area contributed by atoms with Gasteiger partial charge in [-0.2, -0.15) is 0 Å². The van der Waals surface area contributed by atoms with Crippen molar-refractivity contribution in [3.8, 4) is 0 Å². The molecule has 1 N–H and O–H groups in total. The maximum atomic E-state index is 11.5. The first kappa shape index (κ1) is 9.93. The van der Waals surface area contributed by atoms with Crippen LogP contribution in [0.4, 0.5) is 0 Å². The molecule has 0 aromatic heterocycles. The van der Waals surface area contributed by atoms with Crippen molar-refractivity contribution in [3.63, 3.8) is 0 Å². The van der Waals surface area contributed by atoms with Crippen LogP contribution in [-0.2, 0) is 14.3 Å². The molecule has 0 aromatic carbocycles. The van der Waals surface area contributed by atoms with Gasteiger partial charge in [-0.25, -0.2) is 0 Å². The van der Waals surface area contributed by atoms with Gasteiger partial charge in [0.15, 0.2) is 0 Å². The van der Waals surface area contributed by atoms with E-state index in [4.69, 9.17) is 9.47 Å². The lowest BCUT2D eigenvalue weighted by molar-refractivity contribution is -0.178. The molecule has 4 nitrogen and oxygen atoms in total. The van der Waals surface area contributed by atoms with Crippen molar-refractivity contribution in [2.45, 2.75) is 37.9 Å².